The third-order valence-corrected chi connectivity index (χ3v) is 0.686. The van der Waals surface area contributed by atoms with E-state index in [1.54, 1.807) is 0 Å². The molecule has 0 saturated carbocycles. The van der Waals surface area contributed by atoms with Gasteiger partial charge in [-0.15, -0.1) is 0 Å². The molecule has 0 aliphatic heterocycles. The number of rotatable bonds is 3. The Morgan fingerprint density at radius 2 is 1.82 bits per heavy atom. The third-order valence-electron chi connectivity index (χ3n) is 0.686. The van der Waals surface area contributed by atoms with E-state index in [1.165, 1.54) is 0 Å². The Kier molecular flexibility index (Phi) is 3.58. The van der Waals surface area contributed by atoms with E-state index in [1.807, 2.05) is 0 Å². The van der Waals surface area contributed by atoms with Gasteiger partial charge in [-0.05, 0) is 6.08 Å². The van der Waals surface area contributed by atoms with E-state index in [2.05, 4.69) is 0 Å². The third kappa shape index (κ3) is 4.83. The van der Waals surface area contributed by atoms with Crippen LogP contribution in [0.2, 0.25) is 0 Å². The van der Waals surface area contributed by atoms with Gasteiger partial charge < -0.3 is 10.2 Å². The first-order chi connectivity index (χ1) is 5.04. The van der Waals surface area contributed by atoms with Crippen LogP contribution in [-0.2, 0) is 9.59 Å². The molecule has 2 N–H and O–H groups in total. The molecule has 0 aliphatic rings. The van der Waals surface area contributed by atoms with Crippen molar-refractivity contribution in [1.29, 1.82) is 0 Å². The maximum atomic E-state index is 12.0. The average molecular weight is 160 g/mol. The summed E-state index contributed by atoms with van der Waals surface area (Å²) in [6.07, 6.45) is 1.98. The lowest BCUT2D eigenvalue weighted by molar-refractivity contribution is -0.134. The van der Waals surface area contributed by atoms with E-state index in [-0.39, 0.29) is 0 Å². The predicted molar refractivity (Wildman–Crippen MR) is 33.6 cm³/mol. The van der Waals surface area contributed by atoms with Crippen LogP contribution in [-0.4, -0.2) is 22.2 Å². The molecule has 60 valence electrons. The van der Waals surface area contributed by atoms with Crippen LogP contribution in [0.4, 0.5) is 4.39 Å². The van der Waals surface area contributed by atoms with Crippen molar-refractivity contribution in [2.75, 3.05) is 0 Å². The molecule has 0 radical (unpaired) electrons. The Bertz CT molecular complexity index is 229. The van der Waals surface area contributed by atoms with Crippen molar-refractivity contribution in [3.8, 4) is 0 Å². The minimum atomic E-state index is -1.72. The summed E-state index contributed by atoms with van der Waals surface area (Å²) in [7, 11) is 0. The van der Waals surface area contributed by atoms with Gasteiger partial charge in [-0.3, -0.25) is 0 Å². The van der Waals surface area contributed by atoms with Crippen molar-refractivity contribution in [3.63, 3.8) is 0 Å². The van der Waals surface area contributed by atoms with Gasteiger partial charge in [-0.25, -0.2) is 9.59 Å². The number of allylic oxidation sites excluding steroid dienone is 2. The molecule has 11 heavy (non-hydrogen) atoms. The van der Waals surface area contributed by atoms with E-state index < -0.39 is 17.8 Å². The van der Waals surface area contributed by atoms with E-state index in [4.69, 9.17) is 10.2 Å². The number of carboxylic acid groups (broad SMARTS) is 2. The fraction of sp³-hybridized carbons (Fsp3) is 0. The molecule has 5 heteroatoms. The van der Waals surface area contributed by atoms with Crippen molar-refractivity contribution in [1.82, 2.24) is 0 Å². The highest BCUT2D eigenvalue weighted by Gasteiger charge is 2.01. The standard InChI is InChI=1S/C6H5FO4/c7-4(6(10)11)2-1-3-5(8)9/h1-3H,(H,8,9)(H,10,11)/b3-1+,4-2+. The molecule has 0 aromatic carbocycles. The lowest BCUT2D eigenvalue weighted by Crippen LogP contribution is -1.93. The lowest BCUT2D eigenvalue weighted by atomic mass is 10.4. The maximum absolute atomic E-state index is 12.0. The SMILES string of the molecule is O=C(O)/C=C/C=C(/F)C(=O)O. The number of hydrogen-bond acceptors (Lipinski definition) is 2. The highest BCUT2D eigenvalue weighted by molar-refractivity contribution is 5.85. The van der Waals surface area contributed by atoms with Gasteiger partial charge in [0.2, 0.25) is 5.83 Å². The van der Waals surface area contributed by atoms with Gasteiger partial charge >= 0.3 is 11.9 Å². The Hall–Kier alpha value is -1.65. The second-order valence-electron chi connectivity index (χ2n) is 1.52. The van der Waals surface area contributed by atoms with Crippen molar-refractivity contribution >= 4 is 11.9 Å². The van der Waals surface area contributed by atoms with E-state index in [0.29, 0.717) is 12.2 Å². The Balaban J connectivity index is 4.13. The van der Waals surface area contributed by atoms with Crippen LogP contribution in [0.1, 0.15) is 0 Å². The van der Waals surface area contributed by atoms with Crippen LogP contribution in [0.5, 0.6) is 0 Å². The Morgan fingerprint density at radius 1 is 1.27 bits per heavy atom. The molecule has 0 heterocycles. The van der Waals surface area contributed by atoms with Crippen LogP contribution in [0.15, 0.2) is 24.1 Å². The van der Waals surface area contributed by atoms with Gasteiger partial charge in [0.15, 0.2) is 0 Å². The largest absolute Gasteiger partial charge is 0.478 e. The molecular weight excluding hydrogens is 155 g/mol. The van der Waals surface area contributed by atoms with Crippen LogP contribution in [0.25, 0.3) is 0 Å². The molecule has 0 rings (SSSR count). The molecule has 0 aliphatic carbocycles. The molecule has 0 unspecified atom stereocenters. The first kappa shape index (κ1) is 9.35. The molecule has 0 saturated heterocycles. The van der Waals surface area contributed by atoms with Crippen LogP contribution in [0, 0.1) is 0 Å². The molecule has 0 atom stereocenters. The minimum Gasteiger partial charge on any atom is -0.478 e. The van der Waals surface area contributed by atoms with E-state index >= 15 is 0 Å². The van der Waals surface area contributed by atoms with Crippen LogP contribution < -0.4 is 0 Å². The summed E-state index contributed by atoms with van der Waals surface area (Å²) in [5.41, 5.74) is 0. The molecule has 0 aromatic heterocycles. The van der Waals surface area contributed by atoms with Crippen molar-refractivity contribution in [3.05, 3.63) is 24.1 Å². The second kappa shape index (κ2) is 4.21. The summed E-state index contributed by atoms with van der Waals surface area (Å²) in [6.45, 7) is 0. The summed E-state index contributed by atoms with van der Waals surface area (Å²) in [5.74, 6) is -4.39. The topological polar surface area (TPSA) is 74.6 Å². The average Bonchev–Trinajstić information content (AvgIpc) is 1.86. The predicted octanol–water partition coefficient (Wildman–Crippen LogP) is 0.565. The summed E-state index contributed by atoms with van der Waals surface area (Å²) in [4.78, 5) is 19.5. The van der Waals surface area contributed by atoms with Gasteiger partial charge in [0.25, 0.3) is 0 Å². The Morgan fingerprint density at radius 3 is 2.18 bits per heavy atom. The number of carbonyl (C=O) groups is 2. The van der Waals surface area contributed by atoms with Crippen molar-refractivity contribution in [2.45, 2.75) is 0 Å². The highest BCUT2D eigenvalue weighted by Crippen LogP contribution is 1.95. The first-order valence-electron chi connectivity index (χ1n) is 2.54. The van der Waals surface area contributed by atoms with E-state index in [9.17, 15) is 14.0 Å². The summed E-state index contributed by atoms with van der Waals surface area (Å²) < 4.78 is 12.0. The number of hydrogen-bond donors (Lipinski definition) is 2. The van der Waals surface area contributed by atoms with Crippen molar-refractivity contribution in [2.24, 2.45) is 0 Å². The maximum Gasteiger partial charge on any atom is 0.364 e. The number of carboxylic acids is 2. The zero-order chi connectivity index (χ0) is 8.85. The van der Waals surface area contributed by atoms with Gasteiger partial charge in [0.05, 0.1) is 0 Å². The van der Waals surface area contributed by atoms with Gasteiger partial charge in [-0.2, -0.15) is 4.39 Å². The summed E-state index contributed by atoms with van der Waals surface area (Å²) in [6, 6.07) is 0. The quantitative estimate of drug-likeness (QED) is 0.467. The fourth-order valence-corrected chi connectivity index (χ4v) is 0.286. The Labute approximate surface area is 61.3 Å². The second-order valence-corrected chi connectivity index (χ2v) is 1.52. The first-order valence-corrected chi connectivity index (χ1v) is 2.54. The van der Waals surface area contributed by atoms with Gasteiger partial charge in [0, 0.05) is 6.08 Å². The molecule has 0 aromatic rings. The lowest BCUT2D eigenvalue weighted by Gasteiger charge is -1.82. The van der Waals surface area contributed by atoms with E-state index in [0.717, 1.165) is 6.08 Å². The summed E-state index contributed by atoms with van der Waals surface area (Å²) in [5, 5.41) is 15.9. The normalized spacial score (nSPS) is 11.9. The zero-order valence-electron chi connectivity index (χ0n) is 5.32. The van der Waals surface area contributed by atoms with Gasteiger partial charge in [0.1, 0.15) is 0 Å². The highest BCUT2D eigenvalue weighted by atomic mass is 19.1. The fourth-order valence-electron chi connectivity index (χ4n) is 0.286. The monoisotopic (exact) mass is 160 g/mol. The molecule has 0 spiro atoms. The molecule has 0 fully saturated rings. The molecule has 0 amide bonds. The minimum absolute atomic E-state index is 0.552. The molecule has 4 nitrogen and oxygen atoms in total. The number of aliphatic carboxylic acids is 2. The van der Waals surface area contributed by atoms with Crippen LogP contribution >= 0.6 is 0 Å². The van der Waals surface area contributed by atoms with Crippen molar-refractivity contribution < 1.29 is 24.2 Å². The molecular formula is C6H5FO4. The molecule has 0 bridgehead atoms. The number of halogens is 1. The smallest absolute Gasteiger partial charge is 0.364 e. The van der Waals surface area contributed by atoms with Gasteiger partial charge in [-0.1, -0.05) is 6.08 Å². The zero-order valence-corrected chi connectivity index (χ0v) is 5.32. The summed E-state index contributed by atoms with van der Waals surface area (Å²) >= 11 is 0. The van der Waals surface area contributed by atoms with Crippen LogP contribution in [0.3, 0.4) is 0 Å².